The number of benzene rings is 2. The third-order valence-corrected chi connectivity index (χ3v) is 5.67. The van der Waals surface area contributed by atoms with E-state index >= 15 is 0 Å². The molecule has 2 N–H and O–H groups in total. The summed E-state index contributed by atoms with van der Waals surface area (Å²) in [4.78, 5) is 14.8. The maximum atomic E-state index is 12.7. The number of fused-ring (bicyclic) bond motifs is 1. The number of nitrogens with two attached hydrogens (primary N) is 1. The average Bonchev–Trinajstić information content (AvgIpc) is 3.29. The normalized spacial score (nSPS) is 28.7. The minimum Gasteiger partial charge on any atom is -0.342 e. The van der Waals surface area contributed by atoms with Crippen molar-refractivity contribution in [2.45, 2.75) is 25.7 Å². The molecule has 1 saturated carbocycles. The molecule has 1 aliphatic heterocycles. The number of hydrogen-bond donors (Lipinski definition) is 1. The molecule has 3 unspecified atom stereocenters. The Kier molecular flexibility index (Phi) is 4.58. The number of nitrogens with zero attached hydrogens (tertiary/aromatic N) is 1. The van der Waals surface area contributed by atoms with Crippen molar-refractivity contribution in [3.8, 4) is 0 Å². The van der Waals surface area contributed by atoms with Crippen LogP contribution in [0.25, 0.3) is 10.8 Å². The number of carbonyl (C=O) groups excluding carboxylic acids is 1. The molecular formula is C20H25ClN2O. The van der Waals surface area contributed by atoms with Gasteiger partial charge in [0.25, 0.3) is 0 Å². The van der Waals surface area contributed by atoms with Crippen LogP contribution < -0.4 is 5.73 Å². The minimum absolute atomic E-state index is 0. The molecule has 1 aliphatic carbocycles. The van der Waals surface area contributed by atoms with E-state index in [4.69, 9.17) is 5.73 Å². The summed E-state index contributed by atoms with van der Waals surface area (Å²) in [5.41, 5.74) is 7.28. The number of hydrogen-bond acceptors (Lipinski definition) is 2. The predicted molar refractivity (Wildman–Crippen MR) is 100 cm³/mol. The largest absolute Gasteiger partial charge is 0.342 e. The van der Waals surface area contributed by atoms with E-state index in [2.05, 4.69) is 49.4 Å². The molecule has 2 fully saturated rings. The van der Waals surface area contributed by atoms with Gasteiger partial charge in [-0.3, -0.25) is 4.79 Å². The van der Waals surface area contributed by atoms with Gasteiger partial charge in [-0.1, -0.05) is 49.4 Å². The zero-order valence-electron chi connectivity index (χ0n) is 14.1. The average molecular weight is 345 g/mol. The highest BCUT2D eigenvalue weighted by Crippen LogP contribution is 2.49. The molecule has 3 atom stereocenters. The van der Waals surface area contributed by atoms with Crippen molar-refractivity contribution in [1.29, 1.82) is 0 Å². The smallest absolute Gasteiger partial charge is 0.226 e. The number of halogens is 1. The fourth-order valence-electron chi connectivity index (χ4n) is 3.89. The van der Waals surface area contributed by atoms with Crippen LogP contribution in [-0.4, -0.2) is 30.4 Å². The van der Waals surface area contributed by atoms with E-state index in [0.29, 0.717) is 18.4 Å². The number of amides is 1. The van der Waals surface area contributed by atoms with Gasteiger partial charge < -0.3 is 10.6 Å². The summed E-state index contributed by atoms with van der Waals surface area (Å²) >= 11 is 0. The summed E-state index contributed by atoms with van der Waals surface area (Å²) in [6.45, 7) is 4.54. The van der Waals surface area contributed by atoms with E-state index in [1.807, 2.05) is 4.90 Å². The van der Waals surface area contributed by atoms with Gasteiger partial charge in [-0.25, -0.2) is 0 Å². The van der Waals surface area contributed by atoms with Crippen LogP contribution in [0.4, 0.5) is 0 Å². The Morgan fingerprint density at radius 1 is 1.25 bits per heavy atom. The van der Waals surface area contributed by atoms with Crippen molar-refractivity contribution in [2.24, 2.45) is 17.1 Å². The Morgan fingerprint density at radius 3 is 2.71 bits per heavy atom. The van der Waals surface area contributed by atoms with Crippen LogP contribution in [-0.2, 0) is 4.79 Å². The lowest BCUT2D eigenvalue weighted by Crippen LogP contribution is -2.35. The molecule has 3 nitrogen and oxygen atoms in total. The van der Waals surface area contributed by atoms with Gasteiger partial charge in [-0.2, -0.15) is 0 Å². The van der Waals surface area contributed by atoms with Gasteiger partial charge in [0.1, 0.15) is 0 Å². The highest BCUT2D eigenvalue weighted by atomic mass is 35.5. The Morgan fingerprint density at radius 2 is 2.00 bits per heavy atom. The summed E-state index contributed by atoms with van der Waals surface area (Å²) in [6.07, 6.45) is 2.02. The quantitative estimate of drug-likeness (QED) is 0.925. The Bertz CT molecular complexity index is 762. The molecule has 2 aromatic carbocycles. The maximum Gasteiger partial charge on any atom is 0.226 e. The molecule has 2 aliphatic rings. The molecule has 1 saturated heterocycles. The van der Waals surface area contributed by atoms with Gasteiger partial charge in [-0.15, -0.1) is 12.4 Å². The summed E-state index contributed by atoms with van der Waals surface area (Å²) in [6, 6.07) is 15.0. The Labute approximate surface area is 149 Å². The first-order chi connectivity index (χ1) is 11.1. The molecule has 0 bridgehead atoms. The second kappa shape index (κ2) is 6.38. The van der Waals surface area contributed by atoms with Crippen LogP contribution in [0.3, 0.4) is 0 Å². The van der Waals surface area contributed by atoms with Crippen LogP contribution in [0, 0.1) is 11.3 Å². The van der Waals surface area contributed by atoms with Crippen LogP contribution in [0.5, 0.6) is 0 Å². The van der Waals surface area contributed by atoms with Crippen LogP contribution in [0.2, 0.25) is 0 Å². The lowest BCUT2D eigenvalue weighted by molar-refractivity contribution is -0.132. The summed E-state index contributed by atoms with van der Waals surface area (Å²) < 4.78 is 0. The highest BCUT2D eigenvalue weighted by molar-refractivity contribution is 5.86. The van der Waals surface area contributed by atoms with Gasteiger partial charge in [-0.05, 0) is 47.1 Å². The van der Waals surface area contributed by atoms with E-state index in [-0.39, 0.29) is 23.7 Å². The lowest BCUT2D eigenvalue weighted by Gasteiger charge is -2.22. The summed E-state index contributed by atoms with van der Waals surface area (Å²) in [5, 5.41) is 2.53. The third-order valence-electron chi connectivity index (χ3n) is 5.67. The SMILES string of the molecule is CC1(CN)CCN(C(=O)C2CC2c2ccc3ccccc3c2)C1.Cl. The standard InChI is InChI=1S/C20H24N2O.ClH/c1-20(12-21)8-9-22(13-20)19(23)18-11-17(18)16-7-6-14-4-2-3-5-15(14)10-16;/h2-7,10,17-18H,8-9,11-13,21H2,1H3;1H. The molecule has 128 valence electrons. The van der Waals surface area contributed by atoms with Gasteiger partial charge in [0.05, 0.1) is 0 Å². The van der Waals surface area contributed by atoms with Crippen molar-refractivity contribution >= 4 is 29.1 Å². The van der Waals surface area contributed by atoms with Crippen molar-refractivity contribution in [3.63, 3.8) is 0 Å². The van der Waals surface area contributed by atoms with Gasteiger partial charge in [0.2, 0.25) is 5.91 Å². The fourth-order valence-corrected chi connectivity index (χ4v) is 3.89. The van der Waals surface area contributed by atoms with E-state index in [9.17, 15) is 4.79 Å². The van der Waals surface area contributed by atoms with Crippen molar-refractivity contribution < 1.29 is 4.79 Å². The van der Waals surface area contributed by atoms with Gasteiger partial charge in [0, 0.05) is 19.0 Å². The molecule has 0 aromatic heterocycles. The van der Waals surface area contributed by atoms with E-state index in [1.54, 1.807) is 0 Å². The number of likely N-dealkylation sites (tertiary alicyclic amines) is 1. The summed E-state index contributed by atoms with van der Waals surface area (Å²) in [5.74, 6) is 0.911. The van der Waals surface area contributed by atoms with E-state index in [0.717, 1.165) is 25.9 Å². The maximum absolute atomic E-state index is 12.7. The molecule has 0 spiro atoms. The van der Waals surface area contributed by atoms with Crippen LogP contribution in [0.15, 0.2) is 42.5 Å². The fraction of sp³-hybridized carbons (Fsp3) is 0.450. The van der Waals surface area contributed by atoms with E-state index in [1.165, 1.54) is 16.3 Å². The van der Waals surface area contributed by atoms with Gasteiger partial charge in [0.15, 0.2) is 0 Å². The lowest BCUT2D eigenvalue weighted by atomic mass is 9.90. The van der Waals surface area contributed by atoms with E-state index < -0.39 is 0 Å². The molecule has 0 radical (unpaired) electrons. The molecular weight excluding hydrogens is 320 g/mol. The van der Waals surface area contributed by atoms with Gasteiger partial charge >= 0.3 is 0 Å². The first-order valence-corrected chi connectivity index (χ1v) is 8.57. The first kappa shape index (κ1) is 17.2. The second-order valence-corrected chi connectivity index (χ2v) is 7.58. The molecule has 2 aromatic rings. The predicted octanol–water partition coefficient (Wildman–Crippen LogP) is 3.56. The van der Waals surface area contributed by atoms with Crippen molar-refractivity contribution in [2.75, 3.05) is 19.6 Å². The minimum atomic E-state index is 0. The molecule has 24 heavy (non-hydrogen) atoms. The summed E-state index contributed by atoms with van der Waals surface area (Å²) in [7, 11) is 0. The van der Waals surface area contributed by atoms with Crippen molar-refractivity contribution in [3.05, 3.63) is 48.0 Å². The zero-order chi connectivity index (χ0) is 16.0. The first-order valence-electron chi connectivity index (χ1n) is 8.57. The number of rotatable bonds is 3. The third kappa shape index (κ3) is 3.03. The zero-order valence-corrected chi connectivity index (χ0v) is 14.9. The second-order valence-electron chi connectivity index (χ2n) is 7.58. The Balaban J connectivity index is 0.00000169. The van der Waals surface area contributed by atoms with Crippen LogP contribution >= 0.6 is 12.4 Å². The van der Waals surface area contributed by atoms with Crippen molar-refractivity contribution in [1.82, 2.24) is 4.90 Å². The Hall–Kier alpha value is -1.58. The monoisotopic (exact) mass is 344 g/mol. The molecule has 1 amide bonds. The molecule has 4 heteroatoms. The number of carbonyl (C=O) groups is 1. The molecule has 4 rings (SSSR count). The topological polar surface area (TPSA) is 46.3 Å². The van der Waals surface area contributed by atoms with Crippen LogP contribution in [0.1, 0.15) is 31.2 Å². The molecule has 1 heterocycles. The highest BCUT2D eigenvalue weighted by Gasteiger charge is 2.48.